The summed E-state index contributed by atoms with van der Waals surface area (Å²) in [5.74, 6) is 0. The van der Waals surface area contributed by atoms with Gasteiger partial charge in [0.1, 0.15) is 10.7 Å². The Balaban J connectivity index is 2.56. The third-order valence-electron chi connectivity index (χ3n) is 2.14. The first-order valence-electron chi connectivity index (χ1n) is 5.03. The average molecular weight is 214 g/mol. The molecule has 0 bridgehead atoms. The zero-order valence-electron chi connectivity index (χ0n) is 9.08. The molecule has 0 spiro atoms. The van der Waals surface area contributed by atoms with Gasteiger partial charge in [0.15, 0.2) is 0 Å². The average Bonchev–Trinajstić information content (AvgIpc) is 2.64. The molecule has 0 saturated carbocycles. The van der Waals surface area contributed by atoms with Gasteiger partial charge < -0.3 is 5.32 Å². The van der Waals surface area contributed by atoms with E-state index in [2.05, 4.69) is 33.7 Å². The second kappa shape index (κ2) is 5.93. The van der Waals surface area contributed by atoms with Crippen molar-refractivity contribution in [1.82, 2.24) is 14.5 Å². The summed E-state index contributed by atoms with van der Waals surface area (Å²) in [4.78, 5) is 2.37. The lowest BCUT2D eigenvalue weighted by Crippen LogP contribution is -2.24. The van der Waals surface area contributed by atoms with Crippen molar-refractivity contribution in [2.75, 3.05) is 25.5 Å². The van der Waals surface area contributed by atoms with Gasteiger partial charge in [-0.25, -0.2) is 0 Å². The molecule has 0 fully saturated rings. The zero-order valence-corrected chi connectivity index (χ0v) is 9.89. The summed E-state index contributed by atoms with van der Waals surface area (Å²) in [7, 11) is 1.91. The van der Waals surface area contributed by atoms with E-state index in [-0.39, 0.29) is 0 Å². The molecular weight excluding hydrogens is 196 g/mol. The van der Waals surface area contributed by atoms with Crippen LogP contribution in [0.5, 0.6) is 0 Å². The van der Waals surface area contributed by atoms with Crippen LogP contribution in [-0.2, 0) is 6.54 Å². The summed E-state index contributed by atoms with van der Waals surface area (Å²) in [5.41, 5.74) is 1.06. The molecule has 4 nitrogen and oxygen atoms in total. The molecule has 1 N–H and O–H groups in total. The highest BCUT2D eigenvalue weighted by Gasteiger charge is 2.09. The Hall–Kier alpha value is -0.680. The highest BCUT2D eigenvalue weighted by molar-refractivity contribution is 7.10. The Morgan fingerprint density at radius 2 is 2.21 bits per heavy atom. The Morgan fingerprint density at radius 1 is 1.43 bits per heavy atom. The molecule has 1 heterocycles. The summed E-state index contributed by atoms with van der Waals surface area (Å²) in [6.07, 6.45) is 1.18. The van der Waals surface area contributed by atoms with Crippen LogP contribution in [0.1, 0.15) is 26.0 Å². The second-order valence-electron chi connectivity index (χ2n) is 3.17. The van der Waals surface area contributed by atoms with Gasteiger partial charge >= 0.3 is 0 Å². The number of aromatic nitrogens is 2. The number of rotatable bonds is 6. The number of hydrogen-bond donors (Lipinski definition) is 1. The van der Waals surface area contributed by atoms with Gasteiger partial charge in [0.2, 0.25) is 0 Å². The first-order chi connectivity index (χ1) is 6.81. The summed E-state index contributed by atoms with van der Waals surface area (Å²) >= 11 is 1.42. The van der Waals surface area contributed by atoms with Gasteiger partial charge in [-0.3, -0.25) is 4.90 Å². The summed E-state index contributed by atoms with van der Waals surface area (Å²) in [6.45, 7) is 7.46. The lowest BCUT2D eigenvalue weighted by molar-refractivity contribution is 0.277. The Morgan fingerprint density at radius 3 is 2.79 bits per heavy atom. The number of anilines is 1. The van der Waals surface area contributed by atoms with Crippen LogP contribution in [0.2, 0.25) is 0 Å². The van der Waals surface area contributed by atoms with Crippen LogP contribution in [0, 0.1) is 0 Å². The third kappa shape index (κ3) is 2.92. The molecule has 0 saturated heterocycles. The molecule has 1 aromatic rings. The largest absolute Gasteiger partial charge is 0.377 e. The van der Waals surface area contributed by atoms with E-state index in [9.17, 15) is 0 Å². The standard InChI is InChI=1S/C9H18N4S/c1-4-6-13(5-2)7-8-9(10-3)14-12-11-8/h10H,4-7H2,1-3H3. The van der Waals surface area contributed by atoms with Crippen molar-refractivity contribution < 1.29 is 0 Å². The molecule has 1 rings (SSSR count). The van der Waals surface area contributed by atoms with E-state index in [1.165, 1.54) is 18.0 Å². The van der Waals surface area contributed by atoms with Gasteiger partial charge in [-0.15, -0.1) is 5.10 Å². The molecule has 0 aliphatic heterocycles. The smallest absolute Gasteiger partial charge is 0.134 e. The molecule has 0 aliphatic rings. The number of nitrogens with one attached hydrogen (secondary N) is 1. The lowest BCUT2D eigenvalue weighted by Gasteiger charge is -2.18. The summed E-state index contributed by atoms with van der Waals surface area (Å²) in [5, 5.41) is 8.32. The Labute approximate surface area is 89.5 Å². The molecule has 14 heavy (non-hydrogen) atoms. The molecule has 80 valence electrons. The minimum atomic E-state index is 0.900. The molecule has 0 atom stereocenters. The first kappa shape index (κ1) is 11.4. The molecular formula is C9H18N4S. The SMILES string of the molecule is CCCN(CC)Cc1nnsc1NC. The molecule has 5 heteroatoms. The van der Waals surface area contributed by atoms with Gasteiger partial charge in [-0.2, -0.15) is 0 Å². The quantitative estimate of drug-likeness (QED) is 0.784. The van der Waals surface area contributed by atoms with Crippen molar-refractivity contribution in [3.8, 4) is 0 Å². The van der Waals surface area contributed by atoms with Crippen molar-refractivity contribution in [3.05, 3.63) is 5.69 Å². The molecule has 0 amide bonds. The summed E-state index contributed by atoms with van der Waals surface area (Å²) in [6, 6.07) is 0. The predicted octanol–water partition coefficient (Wildman–Crippen LogP) is 1.81. The van der Waals surface area contributed by atoms with E-state index < -0.39 is 0 Å². The van der Waals surface area contributed by atoms with Crippen LogP contribution in [0.25, 0.3) is 0 Å². The van der Waals surface area contributed by atoms with Crippen LogP contribution < -0.4 is 5.32 Å². The first-order valence-corrected chi connectivity index (χ1v) is 5.80. The van der Waals surface area contributed by atoms with Crippen LogP contribution in [0.15, 0.2) is 0 Å². The maximum absolute atomic E-state index is 4.12. The van der Waals surface area contributed by atoms with E-state index >= 15 is 0 Å². The van der Waals surface area contributed by atoms with Gasteiger partial charge in [0.05, 0.1) is 0 Å². The van der Waals surface area contributed by atoms with E-state index in [1.807, 2.05) is 7.05 Å². The van der Waals surface area contributed by atoms with Gasteiger partial charge in [-0.05, 0) is 19.5 Å². The fraction of sp³-hybridized carbons (Fsp3) is 0.778. The molecule has 0 aromatic carbocycles. The molecule has 0 unspecified atom stereocenters. The van der Waals surface area contributed by atoms with E-state index in [0.717, 1.165) is 30.3 Å². The Kier molecular flexibility index (Phi) is 4.82. The highest BCUT2D eigenvalue weighted by Crippen LogP contribution is 2.18. The molecule has 0 radical (unpaired) electrons. The van der Waals surface area contributed by atoms with E-state index in [4.69, 9.17) is 0 Å². The third-order valence-corrected chi connectivity index (χ3v) is 2.93. The highest BCUT2D eigenvalue weighted by atomic mass is 32.1. The van der Waals surface area contributed by atoms with Gasteiger partial charge in [0.25, 0.3) is 0 Å². The van der Waals surface area contributed by atoms with Crippen LogP contribution >= 0.6 is 11.5 Å². The van der Waals surface area contributed by atoms with E-state index in [1.54, 1.807) is 0 Å². The molecule has 0 aliphatic carbocycles. The van der Waals surface area contributed by atoms with Crippen molar-refractivity contribution in [1.29, 1.82) is 0 Å². The minimum Gasteiger partial charge on any atom is -0.377 e. The minimum absolute atomic E-state index is 0.900. The van der Waals surface area contributed by atoms with E-state index in [0.29, 0.717) is 0 Å². The van der Waals surface area contributed by atoms with Gasteiger partial charge in [-0.1, -0.05) is 18.3 Å². The fourth-order valence-electron chi connectivity index (χ4n) is 1.38. The van der Waals surface area contributed by atoms with Crippen molar-refractivity contribution in [3.63, 3.8) is 0 Å². The van der Waals surface area contributed by atoms with Crippen LogP contribution in [0.4, 0.5) is 5.00 Å². The van der Waals surface area contributed by atoms with Crippen LogP contribution in [-0.4, -0.2) is 34.6 Å². The van der Waals surface area contributed by atoms with Crippen LogP contribution in [0.3, 0.4) is 0 Å². The maximum Gasteiger partial charge on any atom is 0.134 e. The predicted molar refractivity (Wildman–Crippen MR) is 60.7 cm³/mol. The van der Waals surface area contributed by atoms with Crippen molar-refractivity contribution >= 4 is 16.5 Å². The number of hydrogen-bond acceptors (Lipinski definition) is 5. The maximum atomic E-state index is 4.12. The number of nitrogens with zero attached hydrogens (tertiary/aromatic N) is 3. The topological polar surface area (TPSA) is 41.1 Å². The molecule has 1 aromatic heterocycles. The fourth-order valence-corrected chi connectivity index (χ4v) is 1.90. The monoisotopic (exact) mass is 214 g/mol. The Bertz CT molecular complexity index is 261. The summed E-state index contributed by atoms with van der Waals surface area (Å²) < 4.78 is 3.94. The van der Waals surface area contributed by atoms with Gasteiger partial charge in [0, 0.05) is 25.1 Å². The normalized spacial score (nSPS) is 10.9. The van der Waals surface area contributed by atoms with Crippen molar-refractivity contribution in [2.45, 2.75) is 26.8 Å². The van der Waals surface area contributed by atoms with Crippen molar-refractivity contribution in [2.24, 2.45) is 0 Å². The zero-order chi connectivity index (χ0) is 10.4. The lowest BCUT2D eigenvalue weighted by atomic mass is 10.3. The second-order valence-corrected chi connectivity index (χ2v) is 3.92.